The van der Waals surface area contributed by atoms with Crippen molar-refractivity contribution in [1.82, 2.24) is 15.0 Å². The fourth-order valence-electron chi connectivity index (χ4n) is 1.76. The first kappa shape index (κ1) is 15.5. The summed E-state index contributed by atoms with van der Waals surface area (Å²) >= 11 is 1.77. The molecular weight excluding hydrogens is 286 g/mol. The van der Waals surface area contributed by atoms with E-state index in [0.717, 1.165) is 25.9 Å². The minimum atomic E-state index is 0.335. The third-order valence-electron chi connectivity index (χ3n) is 2.93. The van der Waals surface area contributed by atoms with Crippen LogP contribution in [0.2, 0.25) is 0 Å². The molecule has 0 fully saturated rings. The molecule has 0 saturated heterocycles. The van der Waals surface area contributed by atoms with Crippen LogP contribution in [0.3, 0.4) is 0 Å². The molecule has 2 aromatic rings. The second-order valence-corrected chi connectivity index (χ2v) is 5.66. The van der Waals surface area contributed by atoms with Crippen molar-refractivity contribution in [2.75, 3.05) is 37.5 Å². The Labute approximate surface area is 129 Å². The standard InChI is InChI=1S/C14H21N5OS/c1-4-8-15-12-16-13(18-14(17-12)20-3)19(2)9-7-11-6-5-10-21-11/h5-6,10H,4,7-9H2,1-3H3,(H,15,16,17,18). The number of anilines is 2. The lowest BCUT2D eigenvalue weighted by Crippen LogP contribution is -2.23. The summed E-state index contributed by atoms with van der Waals surface area (Å²) < 4.78 is 5.15. The molecule has 0 aliphatic heterocycles. The predicted molar refractivity (Wildman–Crippen MR) is 86.5 cm³/mol. The molecule has 0 radical (unpaired) electrons. The lowest BCUT2D eigenvalue weighted by Gasteiger charge is -2.17. The van der Waals surface area contributed by atoms with E-state index in [9.17, 15) is 0 Å². The zero-order chi connectivity index (χ0) is 15.1. The van der Waals surface area contributed by atoms with E-state index in [1.54, 1.807) is 18.4 Å². The molecule has 2 aromatic heterocycles. The fraction of sp³-hybridized carbons (Fsp3) is 0.500. The number of ether oxygens (including phenoxy) is 1. The number of hydrogen-bond acceptors (Lipinski definition) is 7. The molecule has 0 unspecified atom stereocenters. The van der Waals surface area contributed by atoms with Crippen molar-refractivity contribution in [1.29, 1.82) is 0 Å². The van der Waals surface area contributed by atoms with E-state index in [-0.39, 0.29) is 0 Å². The van der Waals surface area contributed by atoms with E-state index in [1.807, 2.05) is 11.9 Å². The van der Waals surface area contributed by atoms with Gasteiger partial charge in [-0.3, -0.25) is 0 Å². The van der Waals surface area contributed by atoms with Gasteiger partial charge in [0.2, 0.25) is 11.9 Å². The highest BCUT2D eigenvalue weighted by Gasteiger charge is 2.10. The molecule has 21 heavy (non-hydrogen) atoms. The lowest BCUT2D eigenvalue weighted by atomic mass is 10.3. The lowest BCUT2D eigenvalue weighted by molar-refractivity contribution is 0.379. The summed E-state index contributed by atoms with van der Waals surface area (Å²) in [5.41, 5.74) is 0. The molecule has 0 spiro atoms. The second kappa shape index (κ2) is 7.78. The molecule has 6 nitrogen and oxygen atoms in total. The van der Waals surface area contributed by atoms with Gasteiger partial charge in [0.05, 0.1) is 7.11 Å². The maximum atomic E-state index is 5.15. The Bertz CT molecular complexity index is 546. The molecule has 2 heterocycles. The number of likely N-dealkylation sites (N-methyl/N-ethyl adjacent to an activating group) is 1. The van der Waals surface area contributed by atoms with Crippen LogP contribution in [0, 0.1) is 0 Å². The highest BCUT2D eigenvalue weighted by molar-refractivity contribution is 7.09. The van der Waals surface area contributed by atoms with E-state index in [4.69, 9.17) is 4.74 Å². The molecule has 0 aliphatic carbocycles. The average Bonchev–Trinajstić information content (AvgIpc) is 3.03. The predicted octanol–water partition coefficient (Wildman–Crippen LogP) is 2.44. The molecule has 7 heteroatoms. The van der Waals surface area contributed by atoms with Crippen molar-refractivity contribution in [3.05, 3.63) is 22.4 Å². The van der Waals surface area contributed by atoms with E-state index in [0.29, 0.717) is 17.9 Å². The molecule has 2 rings (SSSR count). The van der Waals surface area contributed by atoms with Gasteiger partial charge in [0.1, 0.15) is 0 Å². The molecule has 0 amide bonds. The average molecular weight is 307 g/mol. The third-order valence-corrected chi connectivity index (χ3v) is 3.87. The summed E-state index contributed by atoms with van der Waals surface area (Å²) in [6.45, 7) is 3.77. The van der Waals surface area contributed by atoms with Crippen LogP contribution in [0.25, 0.3) is 0 Å². The molecule has 0 saturated carbocycles. The van der Waals surface area contributed by atoms with Gasteiger partial charge in [-0.05, 0) is 24.3 Å². The van der Waals surface area contributed by atoms with Crippen molar-refractivity contribution in [2.45, 2.75) is 19.8 Å². The highest BCUT2D eigenvalue weighted by Crippen LogP contribution is 2.15. The largest absolute Gasteiger partial charge is 0.467 e. The quantitative estimate of drug-likeness (QED) is 0.808. The Morgan fingerprint density at radius 2 is 2.19 bits per heavy atom. The van der Waals surface area contributed by atoms with Gasteiger partial charge in [-0.25, -0.2) is 0 Å². The molecule has 0 atom stereocenters. The summed E-state index contributed by atoms with van der Waals surface area (Å²) in [6, 6.07) is 4.54. The topological polar surface area (TPSA) is 63.2 Å². The second-order valence-electron chi connectivity index (χ2n) is 4.62. The Morgan fingerprint density at radius 1 is 1.33 bits per heavy atom. The van der Waals surface area contributed by atoms with Crippen LogP contribution >= 0.6 is 11.3 Å². The van der Waals surface area contributed by atoms with Crippen LogP contribution in [-0.2, 0) is 6.42 Å². The van der Waals surface area contributed by atoms with Crippen LogP contribution in [0.5, 0.6) is 6.01 Å². The van der Waals surface area contributed by atoms with Crippen LogP contribution in [0.15, 0.2) is 17.5 Å². The van der Waals surface area contributed by atoms with Gasteiger partial charge in [-0.15, -0.1) is 11.3 Å². The van der Waals surface area contributed by atoms with Crippen LogP contribution in [-0.4, -0.2) is 42.2 Å². The maximum Gasteiger partial charge on any atom is 0.322 e. The minimum absolute atomic E-state index is 0.335. The van der Waals surface area contributed by atoms with Gasteiger partial charge in [0.25, 0.3) is 0 Å². The Hall–Kier alpha value is -1.89. The number of nitrogens with one attached hydrogen (secondary N) is 1. The zero-order valence-electron chi connectivity index (χ0n) is 12.7. The van der Waals surface area contributed by atoms with E-state index < -0.39 is 0 Å². The first-order valence-electron chi connectivity index (χ1n) is 7.00. The number of rotatable bonds is 8. The first-order chi connectivity index (χ1) is 10.2. The van der Waals surface area contributed by atoms with Crippen molar-refractivity contribution in [3.63, 3.8) is 0 Å². The third kappa shape index (κ3) is 4.56. The monoisotopic (exact) mass is 307 g/mol. The van der Waals surface area contributed by atoms with Gasteiger partial charge in [-0.1, -0.05) is 13.0 Å². The number of nitrogens with zero attached hydrogens (tertiary/aromatic N) is 4. The van der Waals surface area contributed by atoms with Crippen molar-refractivity contribution in [2.24, 2.45) is 0 Å². The minimum Gasteiger partial charge on any atom is -0.467 e. The highest BCUT2D eigenvalue weighted by atomic mass is 32.1. The fourth-order valence-corrected chi connectivity index (χ4v) is 2.45. The summed E-state index contributed by atoms with van der Waals surface area (Å²) in [6.07, 6.45) is 1.98. The van der Waals surface area contributed by atoms with Crippen molar-refractivity contribution in [3.8, 4) is 6.01 Å². The van der Waals surface area contributed by atoms with Gasteiger partial charge < -0.3 is 15.0 Å². The van der Waals surface area contributed by atoms with Crippen molar-refractivity contribution >= 4 is 23.2 Å². The van der Waals surface area contributed by atoms with E-state index in [1.165, 1.54) is 4.88 Å². The maximum absolute atomic E-state index is 5.15. The van der Waals surface area contributed by atoms with Crippen LogP contribution in [0.1, 0.15) is 18.2 Å². The number of methoxy groups -OCH3 is 1. The van der Waals surface area contributed by atoms with E-state index in [2.05, 4.69) is 44.7 Å². The van der Waals surface area contributed by atoms with E-state index >= 15 is 0 Å². The van der Waals surface area contributed by atoms with Gasteiger partial charge in [0, 0.05) is 25.0 Å². The molecule has 114 valence electrons. The molecule has 0 aromatic carbocycles. The Morgan fingerprint density at radius 3 is 2.86 bits per heavy atom. The van der Waals surface area contributed by atoms with Crippen LogP contribution in [0.4, 0.5) is 11.9 Å². The summed E-state index contributed by atoms with van der Waals surface area (Å²) in [5, 5.41) is 5.26. The SMILES string of the molecule is CCCNc1nc(OC)nc(N(C)CCc2cccs2)n1. The Balaban J connectivity index is 2.05. The van der Waals surface area contributed by atoms with Crippen LogP contribution < -0.4 is 15.0 Å². The smallest absolute Gasteiger partial charge is 0.322 e. The van der Waals surface area contributed by atoms with Gasteiger partial charge in [-0.2, -0.15) is 15.0 Å². The molecule has 0 bridgehead atoms. The van der Waals surface area contributed by atoms with Crippen molar-refractivity contribution < 1.29 is 4.74 Å². The Kier molecular flexibility index (Phi) is 5.74. The first-order valence-corrected chi connectivity index (χ1v) is 7.88. The zero-order valence-corrected chi connectivity index (χ0v) is 13.5. The molecule has 1 N–H and O–H groups in total. The number of hydrogen-bond donors (Lipinski definition) is 1. The summed E-state index contributed by atoms with van der Waals surface area (Å²) in [4.78, 5) is 16.3. The normalized spacial score (nSPS) is 10.4. The van der Waals surface area contributed by atoms with Gasteiger partial charge >= 0.3 is 6.01 Å². The summed E-state index contributed by atoms with van der Waals surface area (Å²) in [5.74, 6) is 1.18. The number of thiophene rings is 1. The molecular formula is C14H21N5OS. The summed E-state index contributed by atoms with van der Waals surface area (Å²) in [7, 11) is 3.54. The van der Waals surface area contributed by atoms with Gasteiger partial charge in [0.15, 0.2) is 0 Å². The molecule has 0 aliphatic rings. The number of aromatic nitrogens is 3.